The predicted octanol–water partition coefficient (Wildman–Crippen LogP) is -1.43. The van der Waals surface area contributed by atoms with E-state index in [1.165, 1.54) is 0 Å². The number of hydrogen-bond acceptors (Lipinski definition) is 4. The van der Waals surface area contributed by atoms with E-state index in [9.17, 15) is 8.42 Å². The van der Waals surface area contributed by atoms with E-state index in [1.807, 2.05) is 0 Å². The minimum Gasteiger partial charge on any atom is -0.426 e. The van der Waals surface area contributed by atoms with E-state index in [-0.39, 0.29) is 5.92 Å². The summed E-state index contributed by atoms with van der Waals surface area (Å²) in [7, 11) is -5.05. The molecular weight excluding hydrogens is 181 g/mol. The lowest BCUT2D eigenvalue weighted by molar-refractivity contribution is 0.355. The van der Waals surface area contributed by atoms with Gasteiger partial charge in [0.25, 0.3) is 0 Å². The molecule has 0 fully saturated rings. The summed E-state index contributed by atoms with van der Waals surface area (Å²) in [6, 6.07) is 0. The SMILES string of the molecule is CC(C)[C@H](NS(C)(=O)=O)B(O)O. The van der Waals surface area contributed by atoms with Crippen LogP contribution in [-0.4, -0.2) is 37.8 Å². The van der Waals surface area contributed by atoms with Gasteiger partial charge in [-0.2, -0.15) is 0 Å². The molecule has 12 heavy (non-hydrogen) atoms. The highest BCUT2D eigenvalue weighted by Gasteiger charge is 2.28. The van der Waals surface area contributed by atoms with Crippen LogP contribution in [0.25, 0.3) is 0 Å². The van der Waals surface area contributed by atoms with Crippen molar-refractivity contribution in [2.75, 3.05) is 6.26 Å². The van der Waals surface area contributed by atoms with Gasteiger partial charge in [0.15, 0.2) is 0 Å². The van der Waals surface area contributed by atoms with E-state index in [0.717, 1.165) is 6.26 Å². The Morgan fingerprint density at radius 1 is 1.33 bits per heavy atom. The van der Waals surface area contributed by atoms with E-state index in [0.29, 0.717) is 0 Å². The van der Waals surface area contributed by atoms with E-state index in [2.05, 4.69) is 4.72 Å². The molecule has 0 bridgehead atoms. The summed E-state index contributed by atoms with van der Waals surface area (Å²) in [5, 5.41) is 17.5. The van der Waals surface area contributed by atoms with Gasteiger partial charge in [-0.3, -0.25) is 0 Å². The average Bonchev–Trinajstić information content (AvgIpc) is 1.79. The first-order valence-electron chi connectivity index (χ1n) is 3.57. The molecule has 0 aliphatic carbocycles. The Morgan fingerprint density at radius 2 is 1.75 bits per heavy atom. The molecule has 5 nitrogen and oxygen atoms in total. The third-order valence-electron chi connectivity index (χ3n) is 1.39. The van der Waals surface area contributed by atoms with Crippen molar-refractivity contribution in [1.82, 2.24) is 4.72 Å². The first kappa shape index (κ1) is 11.9. The zero-order valence-corrected chi connectivity index (χ0v) is 8.17. The minimum absolute atomic E-state index is 0.167. The fraction of sp³-hybridized carbons (Fsp3) is 1.00. The molecule has 0 rings (SSSR count). The molecule has 0 aromatic rings. The fourth-order valence-corrected chi connectivity index (χ4v) is 1.68. The van der Waals surface area contributed by atoms with Crippen LogP contribution in [0.3, 0.4) is 0 Å². The minimum atomic E-state index is -3.38. The first-order valence-corrected chi connectivity index (χ1v) is 5.46. The Morgan fingerprint density at radius 3 is 1.83 bits per heavy atom. The molecule has 0 aliphatic rings. The van der Waals surface area contributed by atoms with Crippen molar-refractivity contribution in [1.29, 1.82) is 0 Å². The summed E-state index contributed by atoms with van der Waals surface area (Å²) < 4.78 is 23.6. The second-order valence-electron chi connectivity index (χ2n) is 3.07. The topological polar surface area (TPSA) is 86.6 Å². The maximum atomic E-state index is 10.7. The Kier molecular flexibility index (Phi) is 4.19. The molecule has 0 saturated heterocycles. The number of hydrogen-bond donors (Lipinski definition) is 3. The van der Waals surface area contributed by atoms with Gasteiger partial charge in [0.1, 0.15) is 0 Å². The van der Waals surface area contributed by atoms with Gasteiger partial charge in [0.2, 0.25) is 10.0 Å². The summed E-state index contributed by atoms with van der Waals surface area (Å²) in [5.41, 5.74) is 0. The molecule has 0 unspecified atom stereocenters. The van der Waals surface area contributed by atoms with Crippen molar-refractivity contribution in [2.45, 2.75) is 19.8 Å². The third kappa shape index (κ3) is 4.71. The van der Waals surface area contributed by atoms with Crippen molar-refractivity contribution in [2.24, 2.45) is 5.92 Å². The van der Waals surface area contributed by atoms with Crippen LogP contribution in [0.15, 0.2) is 0 Å². The van der Waals surface area contributed by atoms with Gasteiger partial charge < -0.3 is 10.0 Å². The molecule has 0 heterocycles. The highest BCUT2D eigenvalue weighted by atomic mass is 32.2. The molecule has 0 saturated carbocycles. The standard InChI is InChI=1S/C5H14BNO4S/c1-4(2)5(6(8)9)7-12(3,10)11/h4-5,7-9H,1-3H3/t5-/m0/s1. The van der Waals surface area contributed by atoms with Gasteiger partial charge in [-0.05, 0) is 5.92 Å². The average molecular weight is 195 g/mol. The lowest BCUT2D eigenvalue weighted by atomic mass is 9.74. The number of nitrogens with one attached hydrogen (secondary N) is 1. The van der Waals surface area contributed by atoms with Crippen molar-refractivity contribution < 1.29 is 18.5 Å². The fourth-order valence-electron chi connectivity index (χ4n) is 0.788. The summed E-state index contributed by atoms with van der Waals surface area (Å²) in [6.45, 7) is 3.39. The Hall–Kier alpha value is -0.105. The first-order chi connectivity index (χ1) is 5.24. The lowest BCUT2D eigenvalue weighted by Gasteiger charge is -2.19. The van der Waals surface area contributed by atoms with E-state index in [4.69, 9.17) is 10.0 Å². The lowest BCUT2D eigenvalue weighted by Crippen LogP contribution is -2.49. The maximum absolute atomic E-state index is 10.7. The van der Waals surface area contributed by atoms with Crippen molar-refractivity contribution in [3.63, 3.8) is 0 Å². The van der Waals surface area contributed by atoms with Crippen LogP contribution in [0.5, 0.6) is 0 Å². The highest BCUT2D eigenvalue weighted by Crippen LogP contribution is 2.03. The zero-order chi connectivity index (χ0) is 9.94. The van der Waals surface area contributed by atoms with Crippen molar-refractivity contribution >= 4 is 17.1 Å². The van der Waals surface area contributed by atoms with Crippen LogP contribution in [0.1, 0.15) is 13.8 Å². The molecule has 0 aromatic heterocycles. The summed E-state index contributed by atoms with van der Waals surface area (Å²) in [4.78, 5) is 0. The normalized spacial score (nSPS) is 14.8. The monoisotopic (exact) mass is 195 g/mol. The molecule has 0 spiro atoms. The second-order valence-corrected chi connectivity index (χ2v) is 4.85. The number of sulfonamides is 1. The van der Waals surface area contributed by atoms with E-state index in [1.54, 1.807) is 13.8 Å². The highest BCUT2D eigenvalue weighted by molar-refractivity contribution is 7.88. The molecule has 7 heteroatoms. The van der Waals surface area contributed by atoms with E-state index < -0.39 is 23.1 Å². The molecular formula is C5H14BNO4S. The van der Waals surface area contributed by atoms with Crippen LogP contribution >= 0.6 is 0 Å². The van der Waals surface area contributed by atoms with Crippen LogP contribution in [-0.2, 0) is 10.0 Å². The molecule has 0 aromatic carbocycles. The molecule has 3 N–H and O–H groups in total. The molecule has 1 atom stereocenters. The summed E-state index contributed by atoms with van der Waals surface area (Å²) in [6.07, 6.45) is 0.977. The van der Waals surface area contributed by atoms with Gasteiger partial charge in [-0.15, -0.1) is 0 Å². The largest absolute Gasteiger partial charge is 0.471 e. The summed E-state index contributed by atoms with van der Waals surface area (Å²) >= 11 is 0. The zero-order valence-electron chi connectivity index (χ0n) is 7.35. The quantitative estimate of drug-likeness (QED) is 0.480. The second kappa shape index (κ2) is 4.22. The van der Waals surface area contributed by atoms with E-state index >= 15 is 0 Å². The molecule has 72 valence electrons. The molecule has 0 amide bonds. The van der Waals surface area contributed by atoms with Gasteiger partial charge in [-0.25, -0.2) is 13.1 Å². The van der Waals surface area contributed by atoms with Crippen LogP contribution in [0.4, 0.5) is 0 Å². The molecule has 0 aliphatic heterocycles. The molecule has 0 radical (unpaired) electrons. The van der Waals surface area contributed by atoms with Gasteiger partial charge in [-0.1, -0.05) is 13.8 Å². The Labute approximate surface area is 73.0 Å². The maximum Gasteiger partial charge on any atom is 0.471 e. The van der Waals surface area contributed by atoms with Crippen molar-refractivity contribution in [3.8, 4) is 0 Å². The summed E-state index contributed by atoms with van der Waals surface area (Å²) in [5.74, 6) is -1.01. The predicted molar refractivity (Wildman–Crippen MR) is 46.8 cm³/mol. The third-order valence-corrected chi connectivity index (χ3v) is 2.09. The van der Waals surface area contributed by atoms with Gasteiger partial charge in [0, 0.05) is 0 Å². The van der Waals surface area contributed by atoms with Crippen LogP contribution < -0.4 is 4.72 Å². The van der Waals surface area contributed by atoms with Gasteiger partial charge in [0.05, 0.1) is 12.2 Å². The smallest absolute Gasteiger partial charge is 0.426 e. The van der Waals surface area contributed by atoms with Crippen LogP contribution in [0.2, 0.25) is 0 Å². The Balaban J connectivity index is 4.35. The van der Waals surface area contributed by atoms with Crippen LogP contribution in [0, 0.1) is 5.92 Å². The van der Waals surface area contributed by atoms with Gasteiger partial charge >= 0.3 is 7.12 Å². The van der Waals surface area contributed by atoms with Crippen molar-refractivity contribution in [3.05, 3.63) is 0 Å². The number of rotatable bonds is 4. The Bertz CT molecular complexity index is 218.